The number of methoxy groups -OCH3 is 2. The van der Waals surface area contributed by atoms with Crippen LogP contribution < -0.4 is 25.4 Å². The van der Waals surface area contributed by atoms with Crippen LogP contribution in [0.25, 0.3) is 0 Å². The van der Waals surface area contributed by atoms with Gasteiger partial charge in [-0.1, -0.05) is 49.1 Å². The van der Waals surface area contributed by atoms with E-state index in [0.29, 0.717) is 45.1 Å². The summed E-state index contributed by atoms with van der Waals surface area (Å²) in [6.45, 7) is 4.08. The second-order valence-corrected chi connectivity index (χ2v) is 12.8. The van der Waals surface area contributed by atoms with E-state index in [2.05, 4.69) is 21.6 Å². The molecule has 2 aliphatic rings. The first-order valence-corrected chi connectivity index (χ1v) is 14.9. The van der Waals surface area contributed by atoms with Gasteiger partial charge >= 0.3 is 0 Å². The monoisotopic (exact) mass is 602 g/mol. The standard InChI is InChI=1S/C30H30N6O4S2/c1-30(2)13-22-26(23(37)14-30)25(17-5-9-19(39-3)10-6-17)21(15-31)27(32)36(22)28-34-35-29(42-28)41-16-24(38)33-18-7-11-20(40-4)12-8-18/h5-12,25H,13-14,16,32H2,1-4H3,(H,33,38). The van der Waals surface area contributed by atoms with Gasteiger partial charge in [0, 0.05) is 23.4 Å². The van der Waals surface area contributed by atoms with Crippen molar-refractivity contribution in [2.45, 2.75) is 36.9 Å². The highest BCUT2D eigenvalue weighted by Gasteiger charge is 2.45. The molecule has 2 aromatic carbocycles. The molecule has 12 heteroatoms. The fourth-order valence-electron chi connectivity index (χ4n) is 5.21. The number of carbonyl (C=O) groups excluding carboxylic acids is 2. The molecule has 42 heavy (non-hydrogen) atoms. The Labute approximate surface area is 252 Å². The van der Waals surface area contributed by atoms with Crippen LogP contribution in [0.2, 0.25) is 0 Å². The molecule has 0 saturated carbocycles. The Morgan fingerprint density at radius 3 is 2.38 bits per heavy atom. The summed E-state index contributed by atoms with van der Waals surface area (Å²) in [5, 5.41) is 22.2. The molecule has 0 bridgehead atoms. The van der Waals surface area contributed by atoms with E-state index < -0.39 is 5.92 Å². The summed E-state index contributed by atoms with van der Waals surface area (Å²) in [4.78, 5) is 28.0. The molecule has 3 N–H and O–H groups in total. The Morgan fingerprint density at radius 2 is 1.76 bits per heavy atom. The zero-order valence-electron chi connectivity index (χ0n) is 23.6. The topological polar surface area (TPSA) is 143 Å². The van der Waals surface area contributed by atoms with Crippen LogP contribution in [0.3, 0.4) is 0 Å². The number of hydrogen-bond acceptors (Lipinski definition) is 11. The molecular weight excluding hydrogens is 573 g/mol. The van der Waals surface area contributed by atoms with Crippen LogP contribution in [-0.2, 0) is 9.59 Å². The third-order valence-corrected chi connectivity index (χ3v) is 9.16. The minimum Gasteiger partial charge on any atom is -0.497 e. The average molecular weight is 603 g/mol. The number of allylic oxidation sites excluding steroid dienone is 3. The van der Waals surface area contributed by atoms with Gasteiger partial charge in [0.25, 0.3) is 0 Å². The van der Waals surface area contributed by atoms with E-state index >= 15 is 0 Å². The molecular formula is C30H30N6O4S2. The van der Waals surface area contributed by atoms with Gasteiger partial charge in [0.2, 0.25) is 11.0 Å². The molecule has 0 saturated heterocycles. The fraction of sp³-hybridized carbons (Fsp3) is 0.300. The number of nitrogens with one attached hydrogen (secondary N) is 1. The first-order valence-electron chi connectivity index (χ1n) is 13.1. The SMILES string of the molecule is COc1ccc(NC(=O)CSc2nnc(N3C(N)=C(C#N)C(c4ccc(OC)cc4)C4=C3CC(C)(C)CC4=O)s2)cc1. The molecule has 1 aliphatic carbocycles. The van der Waals surface area contributed by atoms with Gasteiger partial charge < -0.3 is 20.5 Å². The van der Waals surface area contributed by atoms with Gasteiger partial charge in [-0.25, -0.2) is 0 Å². The molecule has 0 fully saturated rings. The van der Waals surface area contributed by atoms with E-state index in [1.54, 1.807) is 43.4 Å². The van der Waals surface area contributed by atoms with Crippen LogP contribution in [0.15, 0.2) is 75.5 Å². The van der Waals surface area contributed by atoms with Gasteiger partial charge in [0.05, 0.1) is 37.5 Å². The molecule has 0 spiro atoms. The first kappa shape index (κ1) is 29.2. The van der Waals surface area contributed by atoms with Crippen molar-refractivity contribution in [3.8, 4) is 17.6 Å². The number of nitrogens with two attached hydrogens (primary N) is 1. The summed E-state index contributed by atoms with van der Waals surface area (Å²) >= 11 is 2.50. The summed E-state index contributed by atoms with van der Waals surface area (Å²) in [7, 11) is 3.17. The number of ketones is 1. The van der Waals surface area contributed by atoms with Gasteiger partial charge in [-0.3, -0.25) is 14.5 Å². The molecule has 10 nitrogen and oxygen atoms in total. The number of thioether (sulfide) groups is 1. The number of carbonyl (C=O) groups is 2. The largest absolute Gasteiger partial charge is 0.497 e. The van der Waals surface area contributed by atoms with Crippen molar-refractivity contribution < 1.29 is 19.1 Å². The smallest absolute Gasteiger partial charge is 0.234 e. The van der Waals surface area contributed by atoms with Crippen LogP contribution in [0.5, 0.6) is 11.5 Å². The molecule has 216 valence electrons. The molecule has 1 amide bonds. The third kappa shape index (κ3) is 5.84. The van der Waals surface area contributed by atoms with Gasteiger partial charge in [-0.15, -0.1) is 10.2 Å². The summed E-state index contributed by atoms with van der Waals surface area (Å²) in [6.07, 6.45) is 0.915. The van der Waals surface area contributed by atoms with Crippen molar-refractivity contribution in [3.05, 3.63) is 76.8 Å². The Hall–Kier alpha value is -4.34. The Morgan fingerprint density at radius 1 is 1.12 bits per heavy atom. The van der Waals surface area contributed by atoms with Crippen LogP contribution in [0, 0.1) is 16.7 Å². The van der Waals surface area contributed by atoms with Gasteiger partial charge in [-0.05, 0) is 53.8 Å². The van der Waals surface area contributed by atoms with Crippen molar-refractivity contribution in [3.63, 3.8) is 0 Å². The molecule has 5 rings (SSSR count). The highest BCUT2D eigenvalue weighted by Crippen LogP contribution is 2.50. The Balaban J connectivity index is 1.43. The highest BCUT2D eigenvalue weighted by molar-refractivity contribution is 8.01. The maximum absolute atomic E-state index is 13.7. The number of aromatic nitrogens is 2. The highest BCUT2D eigenvalue weighted by atomic mass is 32.2. The van der Waals surface area contributed by atoms with Crippen molar-refractivity contribution in [2.75, 3.05) is 30.2 Å². The maximum Gasteiger partial charge on any atom is 0.234 e. The third-order valence-electron chi connectivity index (χ3n) is 7.12. The van der Waals surface area contributed by atoms with Crippen molar-refractivity contribution in [1.29, 1.82) is 5.26 Å². The number of rotatable bonds is 8. The lowest BCUT2D eigenvalue weighted by Gasteiger charge is -2.42. The average Bonchev–Trinajstić information content (AvgIpc) is 3.44. The van der Waals surface area contributed by atoms with E-state index in [4.69, 9.17) is 15.2 Å². The maximum atomic E-state index is 13.7. The number of nitriles is 1. The van der Waals surface area contributed by atoms with E-state index in [-0.39, 0.29) is 34.3 Å². The molecule has 3 aromatic rings. The van der Waals surface area contributed by atoms with Gasteiger partial charge in [0.1, 0.15) is 17.3 Å². The summed E-state index contributed by atoms with van der Waals surface area (Å²) in [6, 6.07) is 16.7. The van der Waals surface area contributed by atoms with Crippen LogP contribution in [0.4, 0.5) is 10.8 Å². The van der Waals surface area contributed by atoms with E-state index in [1.807, 2.05) is 38.1 Å². The normalized spacial score (nSPS) is 17.9. The summed E-state index contributed by atoms with van der Waals surface area (Å²) in [5.41, 5.74) is 9.37. The van der Waals surface area contributed by atoms with E-state index in [1.165, 1.54) is 23.1 Å². The lowest BCUT2D eigenvalue weighted by atomic mass is 9.68. The summed E-state index contributed by atoms with van der Waals surface area (Å²) in [5.74, 6) is 0.889. The molecule has 1 unspecified atom stereocenters. The Kier molecular flexibility index (Phi) is 8.24. The second kappa shape index (κ2) is 11.9. The minimum absolute atomic E-state index is 0.0263. The second-order valence-electron chi connectivity index (χ2n) is 10.7. The zero-order valence-corrected chi connectivity index (χ0v) is 25.3. The van der Waals surface area contributed by atoms with E-state index in [9.17, 15) is 14.9 Å². The number of nitrogens with zero attached hydrogens (tertiary/aromatic N) is 4. The predicted octanol–water partition coefficient (Wildman–Crippen LogP) is 5.23. The number of anilines is 2. The Bertz CT molecular complexity index is 1620. The fourth-order valence-corrected chi connectivity index (χ4v) is 6.89. The first-order chi connectivity index (χ1) is 20.1. The molecule has 1 aromatic heterocycles. The van der Waals surface area contributed by atoms with Crippen LogP contribution >= 0.6 is 23.1 Å². The molecule has 1 aliphatic heterocycles. The lowest BCUT2D eigenvalue weighted by Crippen LogP contribution is -2.42. The van der Waals surface area contributed by atoms with E-state index in [0.717, 1.165) is 11.3 Å². The molecule has 2 heterocycles. The summed E-state index contributed by atoms with van der Waals surface area (Å²) < 4.78 is 11.0. The predicted molar refractivity (Wildman–Crippen MR) is 162 cm³/mol. The van der Waals surface area contributed by atoms with Crippen molar-refractivity contribution in [2.24, 2.45) is 11.1 Å². The number of hydrogen-bond donors (Lipinski definition) is 2. The van der Waals surface area contributed by atoms with Crippen LogP contribution in [0.1, 0.15) is 38.2 Å². The molecule has 0 radical (unpaired) electrons. The molecule has 1 atom stereocenters. The van der Waals surface area contributed by atoms with Gasteiger partial charge in [-0.2, -0.15) is 5.26 Å². The quantitative estimate of drug-likeness (QED) is 0.329. The number of Topliss-reactive ketones (excluding diaryl/α,β-unsaturated/α-hetero) is 1. The lowest BCUT2D eigenvalue weighted by molar-refractivity contribution is -0.118. The number of amides is 1. The van der Waals surface area contributed by atoms with Crippen molar-refractivity contribution >= 4 is 45.6 Å². The minimum atomic E-state index is -0.598. The number of ether oxygens (including phenoxy) is 2. The van der Waals surface area contributed by atoms with Crippen molar-refractivity contribution in [1.82, 2.24) is 10.2 Å². The van der Waals surface area contributed by atoms with Crippen LogP contribution in [-0.4, -0.2) is 41.9 Å². The zero-order chi connectivity index (χ0) is 30.0. The van der Waals surface area contributed by atoms with Gasteiger partial charge in [0.15, 0.2) is 10.1 Å². The number of benzene rings is 2.